The van der Waals surface area contributed by atoms with Crippen molar-refractivity contribution in [1.82, 2.24) is 15.1 Å². The number of likely N-dealkylation sites (N-methyl/N-ethyl adjacent to an activating group) is 2. The van der Waals surface area contributed by atoms with E-state index in [-0.39, 0.29) is 24.4 Å². The van der Waals surface area contributed by atoms with Gasteiger partial charge in [0.05, 0.1) is 12.6 Å². The second-order valence-electron chi connectivity index (χ2n) is 4.72. The first kappa shape index (κ1) is 11.4. The highest BCUT2D eigenvalue weighted by Crippen LogP contribution is 2.25. The average Bonchev–Trinajstić information content (AvgIpc) is 3.06. The molecule has 1 saturated carbocycles. The molecule has 1 aliphatic carbocycles. The third kappa shape index (κ3) is 2.35. The summed E-state index contributed by atoms with van der Waals surface area (Å²) in [6.07, 6.45) is 3.04. The van der Waals surface area contributed by atoms with E-state index in [2.05, 4.69) is 5.32 Å². The highest BCUT2D eigenvalue weighted by atomic mass is 16.2. The van der Waals surface area contributed by atoms with Gasteiger partial charge in [0.1, 0.15) is 0 Å². The molecule has 1 saturated heterocycles. The number of hydrogen-bond donors (Lipinski definition) is 1. The summed E-state index contributed by atoms with van der Waals surface area (Å²) in [6, 6.07) is 0.276. The van der Waals surface area contributed by atoms with Gasteiger partial charge < -0.3 is 9.80 Å². The molecule has 1 N–H and O–H groups in total. The van der Waals surface area contributed by atoms with Gasteiger partial charge in [0, 0.05) is 26.7 Å². The molecule has 0 aromatic heterocycles. The molecule has 1 unspecified atom stereocenters. The van der Waals surface area contributed by atoms with Crippen molar-refractivity contribution >= 4 is 11.8 Å². The van der Waals surface area contributed by atoms with E-state index in [9.17, 15) is 9.59 Å². The second-order valence-corrected chi connectivity index (χ2v) is 4.72. The van der Waals surface area contributed by atoms with Crippen LogP contribution in [0.25, 0.3) is 0 Å². The van der Waals surface area contributed by atoms with Crippen molar-refractivity contribution in [3.8, 4) is 0 Å². The maximum absolute atomic E-state index is 11.7. The first-order valence-electron chi connectivity index (χ1n) is 5.83. The van der Waals surface area contributed by atoms with Crippen LogP contribution in [0.2, 0.25) is 0 Å². The average molecular weight is 225 g/mol. The Morgan fingerprint density at radius 1 is 1.50 bits per heavy atom. The molecule has 90 valence electrons. The van der Waals surface area contributed by atoms with E-state index in [1.807, 2.05) is 7.05 Å². The molecule has 2 amide bonds. The number of nitrogens with zero attached hydrogens (tertiary/aromatic N) is 2. The molecule has 5 nitrogen and oxygen atoms in total. The molecule has 1 atom stereocenters. The van der Waals surface area contributed by atoms with Gasteiger partial charge in [0.25, 0.3) is 0 Å². The minimum atomic E-state index is -0.165. The van der Waals surface area contributed by atoms with Crippen molar-refractivity contribution in [3.05, 3.63) is 0 Å². The fraction of sp³-hybridized carbons (Fsp3) is 0.818. The molecule has 2 aliphatic rings. The van der Waals surface area contributed by atoms with Crippen LogP contribution in [0.15, 0.2) is 0 Å². The van der Waals surface area contributed by atoms with Crippen molar-refractivity contribution in [2.75, 3.05) is 27.2 Å². The van der Waals surface area contributed by atoms with Gasteiger partial charge >= 0.3 is 0 Å². The summed E-state index contributed by atoms with van der Waals surface area (Å²) in [6.45, 7) is 1.06. The summed E-state index contributed by atoms with van der Waals surface area (Å²) >= 11 is 0. The summed E-state index contributed by atoms with van der Waals surface area (Å²) in [5.74, 6) is 0.187. The molecule has 1 aliphatic heterocycles. The van der Waals surface area contributed by atoms with Gasteiger partial charge in [-0.25, -0.2) is 0 Å². The van der Waals surface area contributed by atoms with E-state index >= 15 is 0 Å². The maximum Gasteiger partial charge on any atom is 0.239 e. The Labute approximate surface area is 95.8 Å². The van der Waals surface area contributed by atoms with Crippen LogP contribution in [-0.4, -0.2) is 60.9 Å². The Morgan fingerprint density at radius 2 is 2.19 bits per heavy atom. The number of nitrogens with one attached hydrogen (secondary N) is 1. The molecular formula is C11H19N3O2. The van der Waals surface area contributed by atoms with Crippen LogP contribution in [-0.2, 0) is 9.59 Å². The van der Waals surface area contributed by atoms with Gasteiger partial charge in [0.15, 0.2) is 0 Å². The third-order valence-corrected chi connectivity index (χ3v) is 3.42. The third-order valence-electron chi connectivity index (χ3n) is 3.42. The van der Waals surface area contributed by atoms with Gasteiger partial charge in [-0.2, -0.15) is 0 Å². The molecule has 0 aromatic carbocycles. The Morgan fingerprint density at radius 3 is 2.69 bits per heavy atom. The fourth-order valence-corrected chi connectivity index (χ4v) is 2.01. The zero-order valence-corrected chi connectivity index (χ0v) is 9.90. The fourth-order valence-electron chi connectivity index (χ4n) is 2.01. The smallest absolute Gasteiger partial charge is 0.239 e. The van der Waals surface area contributed by atoms with Gasteiger partial charge in [-0.1, -0.05) is 0 Å². The number of likely N-dealkylation sites (tertiary alicyclic amines) is 1. The summed E-state index contributed by atoms with van der Waals surface area (Å²) in [5, 5.41) is 3.04. The van der Waals surface area contributed by atoms with E-state index in [1.54, 1.807) is 16.8 Å². The lowest BCUT2D eigenvalue weighted by Gasteiger charge is -2.18. The predicted molar refractivity (Wildman–Crippen MR) is 59.8 cm³/mol. The van der Waals surface area contributed by atoms with Crippen LogP contribution in [0, 0.1) is 0 Å². The van der Waals surface area contributed by atoms with E-state index in [0.717, 1.165) is 25.8 Å². The topological polar surface area (TPSA) is 52.7 Å². The van der Waals surface area contributed by atoms with Gasteiger partial charge in [-0.15, -0.1) is 0 Å². The number of hydrogen-bond acceptors (Lipinski definition) is 3. The summed E-state index contributed by atoms with van der Waals surface area (Å²) in [4.78, 5) is 26.8. The van der Waals surface area contributed by atoms with Crippen LogP contribution in [0.4, 0.5) is 0 Å². The Bertz CT molecular complexity index is 302. The molecule has 5 heteroatoms. The number of amides is 2. The summed E-state index contributed by atoms with van der Waals surface area (Å²) in [7, 11) is 3.63. The SMILES string of the molecule is CN1CCC(NCC(=O)N(C)C2CC2)C1=O. The summed E-state index contributed by atoms with van der Waals surface area (Å²) < 4.78 is 0. The highest BCUT2D eigenvalue weighted by molar-refractivity contribution is 5.85. The molecule has 0 spiro atoms. The molecular weight excluding hydrogens is 206 g/mol. The van der Waals surface area contributed by atoms with Gasteiger partial charge in [0.2, 0.25) is 11.8 Å². The van der Waals surface area contributed by atoms with E-state index in [1.165, 1.54) is 0 Å². The first-order valence-corrected chi connectivity index (χ1v) is 5.83. The van der Waals surface area contributed by atoms with E-state index in [4.69, 9.17) is 0 Å². The van der Waals surface area contributed by atoms with Gasteiger partial charge in [-0.05, 0) is 19.3 Å². The molecule has 0 aromatic rings. The Hall–Kier alpha value is -1.10. The van der Waals surface area contributed by atoms with Crippen molar-refractivity contribution in [3.63, 3.8) is 0 Å². The van der Waals surface area contributed by atoms with Crippen LogP contribution >= 0.6 is 0 Å². The van der Waals surface area contributed by atoms with E-state index < -0.39 is 0 Å². The standard InChI is InChI=1S/C11H19N3O2/c1-13-6-5-9(11(13)16)12-7-10(15)14(2)8-3-4-8/h8-9,12H,3-7H2,1-2H3. The van der Waals surface area contributed by atoms with Crippen molar-refractivity contribution in [2.24, 2.45) is 0 Å². The number of carbonyl (C=O) groups excluding carboxylic acids is 2. The monoisotopic (exact) mass is 225 g/mol. The van der Waals surface area contributed by atoms with Gasteiger partial charge in [-0.3, -0.25) is 14.9 Å². The molecule has 16 heavy (non-hydrogen) atoms. The van der Waals surface area contributed by atoms with Crippen molar-refractivity contribution in [1.29, 1.82) is 0 Å². The molecule has 0 bridgehead atoms. The summed E-state index contributed by atoms with van der Waals surface area (Å²) in [5.41, 5.74) is 0. The zero-order valence-electron chi connectivity index (χ0n) is 9.90. The molecule has 1 heterocycles. The molecule has 2 rings (SSSR count). The van der Waals surface area contributed by atoms with Crippen LogP contribution in [0.1, 0.15) is 19.3 Å². The Balaban J connectivity index is 1.74. The normalized spacial score (nSPS) is 25.0. The minimum absolute atomic E-state index is 0.0878. The van der Waals surface area contributed by atoms with Crippen molar-refractivity contribution in [2.45, 2.75) is 31.3 Å². The van der Waals surface area contributed by atoms with Crippen LogP contribution in [0.3, 0.4) is 0 Å². The first-order chi connectivity index (χ1) is 7.59. The van der Waals surface area contributed by atoms with Crippen LogP contribution in [0.5, 0.6) is 0 Å². The zero-order chi connectivity index (χ0) is 11.7. The predicted octanol–water partition coefficient (Wildman–Crippen LogP) is -0.572. The van der Waals surface area contributed by atoms with Crippen molar-refractivity contribution < 1.29 is 9.59 Å². The largest absolute Gasteiger partial charge is 0.344 e. The van der Waals surface area contributed by atoms with E-state index in [0.29, 0.717) is 6.04 Å². The quantitative estimate of drug-likeness (QED) is 0.697. The number of carbonyl (C=O) groups is 2. The van der Waals surface area contributed by atoms with Crippen LogP contribution < -0.4 is 5.32 Å². The lowest BCUT2D eigenvalue weighted by atomic mass is 10.2. The number of rotatable bonds is 4. The lowest BCUT2D eigenvalue weighted by molar-refractivity contribution is -0.130. The molecule has 2 fully saturated rings. The molecule has 0 radical (unpaired) electrons. The lowest BCUT2D eigenvalue weighted by Crippen LogP contribution is -2.43. The second kappa shape index (κ2) is 4.41. The Kier molecular flexibility index (Phi) is 3.14. The maximum atomic E-state index is 11.7. The highest BCUT2D eigenvalue weighted by Gasteiger charge is 2.32. The minimum Gasteiger partial charge on any atom is -0.344 e.